The Kier molecular flexibility index (Phi) is 6.93. The highest BCUT2D eigenvalue weighted by atomic mass is 16.5. The summed E-state index contributed by atoms with van der Waals surface area (Å²) in [4.78, 5) is 17.3. The van der Waals surface area contributed by atoms with Gasteiger partial charge in [-0.3, -0.25) is 9.69 Å². The molecule has 0 aromatic heterocycles. The van der Waals surface area contributed by atoms with Crippen molar-refractivity contribution in [2.45, 2.75) is 38.8 Å². The summed E-state index contributed by atoms with van der Waals surface area (Å²) in [5.74, 6) is 0.764. The molecular formula is C23H31N3O2. The number of hydrogen-bond acceptors (Lipinski definition) is 4. The predicted octanol–water partition coefficient (Wildman–Crippen LogP) is 4.14. The fraction of sp³-hybridized carbons (Fsp3) is 0.435. The van der Waals surface area contributed by atoms with Crippen LogP contribution < -0.4 is 15.0 Å². The first kappa shape index (κ1) is 20.2. The number of likely N-dealkylation sites (N-methyl/N-ethyl adjacent to an activating group) is 1. The third kappa shape index (κ3) is 5.04. The van der Waals surface area contributed by atoms with E-state index in [0.717, 1.165) is 31.1 Å². The van der Waals surface area contributed by atoms with Crippen molar-refractivity contribution < 1.29 is 9.53 Å². The van der Waals surface area contributed by atoms with Crippen molar-refractivity contribution in [3.63, 3.8) is 0 Å². The zero-order chi connectivity index (χ0) is 19.9. The van der Waals surface area contributed by atoms with Gasteiger partial charge in [0.2, 0.25) is 5.91 Å². The third-order valence-electron chi connectivity index (χ3n) is 5.51. The van der Waals surface area contributed by atoms with E-state index in [9.17, 15) is 4.79 Å². The maximum Gasteiger partial charge on any atom is 0.241 e. The summed E-state index contributed by atoms with van der Waals surface area (Å²) in [7, 11) is 3.64. The number of nitrogens with zero attached hydrogens (tertiary/aromatic N) is 2. The lowest BCUT2D eigenvalue weighted by atomic mass is 10.1. The van der Waals surface area contributed by atoms with E-state index >= 15 is 0 Å². The lowest BCUT2D eigenvalue weighted by Gasteiger charge is -2.32. The number of hydrogen-bond donors (Lipinski definition) is 1. The predicted molar refractivity (Wildman–Crippen MR) is 115 cm³/mol. The molecule has 1 heterocycles. The van der Waals surface area contributed by atoms with E-state index in [4.69, 9.17) is 4.74 Å². The summed E-state index contributed by atoms with van der Waals surface area (Å²) in [6, 6.07) is 15.7. The quantitative estimate of drug-likeness (QED) is 0.783. The Bertz CT molecular complexity index is 770. The standard InChI is InChI=1S/C23H31N3O2/c1-18(23(27)24-20-11-13-21(28-3)14-12-20)25(2)17-19-9-5-6-10-22(19)26-15-7-4-8-16-26/h5-6,9-14,18H,4,7-8,15-17H2,1-3H3,(H,24,27)/t18-/m1/s1. The Balaban J connectivity index is 1.63. The molecule has 1 aliphatic rings. The summed E-state index contributed by atoms with van der Waals surface area (Å²) in [6.07, 6.45) is 3.83. The van der Waals surface area contributed by atoms with Gasteiger partial charge in [-0.2, -0.15) is 0 Å². The second-order valence-corrected chi connectivity index (χ2v) is 7.49. The molecule has 5 nitrogen and oxygen atoms in total. The van der Waals surface area contributed by atoms with Crippen LogP contribution in [0.3, 0.4) is 0 Å². The summed E-state index contributed by atoms with van der Waals surface area (Å²) in [5.41, 5.74) is 3.35. The van der Waals surface area contributed by atoms with E-state index in [1.165, 1.54) is 30.5 Å². The third-order valence-corrected chi connectivity index (χ3v) is 5.51. The van der Waals surface area contributed by atoms with Crippen LogP contribution in [0.1, 0.15) is 31.7 Å². The fourth-order valence-electron chi connectivity index (χ4n) is 3.61. The van der Waals surface area contributed by atoms with Gasteiger partial charge in [-0.05, 0) is 69.1 Å². The van der Waals surface area contributed by atoms with E-state index in [-0.39, 0.29) is 11.9 Å². The number of anilines is 2. The van der Waals surface area contributed by atoms with Crippen LogP contribution in [-0.2, 0) is 11.3 Å². The van der Waals surface area contributed by atoms with E-state index in [2.05, 4.69) is 39.4 Å². The minimum absolute atomic E-state index is 0.0110. The minimum atomic E-state index is -0.239. The minimum Gasteiger partial charge on any atom is -0.497 e. The van der Waals surface area contributed by atoms with Gasteiger partial charge in [0.05, 0.1) is 13.2 Å². The number of piperidine rings is 1. The molecule has 28 heavy (non-hydrogen) atoms. The van der Waals surface area contributed by atoms with Crippen LogP contribution in [0.15, 0.2) is 48.5 Å². The first-order chi connectivity index (χ1) is 13.6. The number of benzene rings is 2. The van der Waals surface area contributed by atoms with E-state index in [1.807, 2.05) is 38.2 Å². The number of methoxy groups -OCH3 is 1. The Morgan fingerprint density at radius 3 is 2.46 bits per heavy atom. The molecule has 0 aliphatic carbocycles. The van der Waals surface area contributed by atoms with Gasteiger partial charge >= 0.3 is 0 Å². The molecule has 0 saturated carbocycles. The zero-order valence-corrected chi connectivity index (χ0v) is 17.1. The molecule has 0 unspecified atom stereocenters. The van der Waals surface area contributed by atoms with Crippen LogP contribution in [0.2, 0.25) is 0 Å². The Labute approximate surface area is 168 Å². The molecular weight excluding hydrogens is 350 g/mol. The van der Waals surface area contributed by atoms with Gasteiger partial charge in [0.25, 0.3) is 0 Å². The molecule has 5 heteroatoms. The lowest BCUT2D eigenvalue weighted by Crippen LogP contribution is -2.39. The number of rotatable bonds is 7. The monoisotopic (exact) mass is 381 g/mol. The normalized spacial score (nSPS) is 15.4. The number of ether oxygens (including phenoxy) is 1. The first-order valence-electron chi connectivity index (χ1n) is 10.1. The summed E-state index contributed by atoms with van der Waals surface area (Å²) < 4.78 is 5.16. The first-order valence-corrected chi connectivity index (χ1v) is 10.1. The number of carbonyl (C=O) groups excluding carboxylic acids is 1. The highest BCUT2D eigenvalue weighted by molar-refractivity contribution is 5.94. The Hall–Kier alpha value is -2.53. The summed E-state index contributed by atoms with van der Waals surface area (Å²) in [6.45, 7) is 4.93. The molecule has 0 bridgehead atoms. The van der Waals surface area contributed by atoms with E-state index in [0.29, 0.717) is 0 Å². The van der Waals surface area contributed by atoms with Crippen molar-refractivity contribution in [2.75, 3.05) is 37.5 Å². The molecule has 0 radical (unpaired) electrons. The second kappa shape index (κ2) is 9.60. The van der Waals surface area contributed by atoms with Crippen molar-refractivity contribution in [1.29, 1.82) is 0 Å². The van der Waals surface area contributed by atoms with Gasteiger partial charge < -0.3 is 15.0 Å². The highest BCUT2D eigenvalue weighted by Gasteiger charge is 2.21. The fourth-order valence-corrected chi connectivity index (χ4v) is 3.61. The van der Waals surface area contributed by atoms with Gasteiger partial charge in [-0.15, -0.1) is 0 Å². The molecule has 1 amide bonds. The molecule has 1 saturated heterocycles. The molecule has 3 rings (SSSR count). The Morgan fingerprint density at radius 2 is 1.79 bits per heavy atom. The van der Waals surface area contributed by atoms with Crippen molar-refractivity contribution >= 4 is 17.3 Å². The zero-order valence-electron chi connectivity index (χ0n) is 17.1. The average Bonchev–Trinajstić information content (AvgIpc) is 2.74. The molecule has 1 atom stereocenters. The molecule has 2 aromatic carbocycles. The van der Waals surface area contributed by atoms with Gasteiger partial charge in [0.15, 0.2) is 0 Å². The average molecular weight is 382 g/mol. The van der Waals surface area contributed by atoms with Crippen molar-refractivity contribution in [3.8, 4) is 5.75 Å². The smallest absolute Gasteiger partial charge is 0.241 e. The van der Waals surface area contributed by atoms with Gasteiger partial charge in [-0.1, -0.05) is 18.2 Å². The second-order valence-electron chi connectivity index (χ2n) is 7.49. The molecule has 1 fully saturated rings. The molecule has 0 spiro atoms. The van der Waals surface area contributed by atoms with Crippen LogP contribution in [0.4, 0.5) is 11.4 Å². The van der Waals surface area contributed by atoms with Crippen LogP contribution >= 0.6 is 0 Å². The number of nitrogens with one attached hydrogen (secondary N) is 1. The van der Waals surface area contributed by atoms with Crippen LogP contribution in [0.5, 0.6) is 5.75 Å². The van der Waals surface area contributed by atoms with E-state index < -0.39 is 0 Å². The number of carbonyl (C=O) groups is 1. The van der Waals surface area contributed by atoms with Gasteiger partial charge in [-0.25, -0.2) is 0 Å². The maximum absolute atomic E-state index is 12.7. The highest BCUT2D eigenvalue weighted by Crippen LogP contribution is 2.25. The SMILES string of the molecule is COc1ccc(NC(=O)[C@@H](C)N(C)Cc2ccccc2N2CCCCC2)cc1. The van der Waals surface area contributed by atoms with Crippen LogP contribution in [0, 0.1) is 0 Å². The van der Waals surface area contributed by atoms with Gasteiger partial charge in [0, 0.05) is 31.0 Å². The molecule has 1 aliphatic heterocycles. The topological polar surface area (TPSA) is 44.8 Å². The number of amides is 1. The Morgan fingerprint density at radius 1 is 1.11 bits per heavy atom. The molecule has 1 N–H and O–H groups in total. The van der Waals surface area contributed by atoms with Crippen molar-refractivity contribution in [3.05, 3.63) is 54.1 Å². The molecule has 2 aromatic rings. The van der Waals surface area contributed by atoms with Crippen LogP contribution in [0.25, 0.3) is 0 Å². The van der Waals surface area contributed by atoms with Crippen molar-refractivity contribution in [1.82, 2.24) is 4.90 Å². The lowest BCUT2D eigenvalue weighted by molar-refractivity contribution is -0.120. The number of para-hydroxylation sites is 1. The summed E-state index contributed by atoms with van der Waals surface area (Å²) in [5, 5.41) is 2.99. The largest absolute Gasteiger partial charge is 0.497 e. The molecule has 150 valence electrons. The maximum atomic E-state index is 12.7. The van der Waals surface area contributed by atoms with Gasteiger partial charge in [0.1, 0.15) is 5.75 Å². The van der Waals surface area contributed by atoms with E-state index in [1.54, 1.807) is 7.11 Å². The van der Waals surface area contributed by atoms with Crippen molar-refractivity contribution in [2.24, 2.45) is 0 Å². The summed E-state index contributed by atoms with van der Waals surface area (Å²) >= 11 is 0. The van der Waals surface area contributed by atoms with Crippen LogP contribution in [-0.4, -0.2) is 44.1 Å².